The Balaban J connectivity index is 1.59. The summed E-state index contributed by atoms with van der Waals surface area (Å²) in [6.07, 6.45) is 1.41. The molecule has 3 aromatic rings. The lowest BCUT2D eigenvalue weighted by molar-refractivity contribution is -0.385. The van der Waals surface area contributed by atoms with E-state index in [0.717, 1.165) is 0 Å². The second-order valence-electron chi connectivity index (χ2n) is 6.60. The predicted octanol–water partition coefficient (Wildman–Crippen LogP) is 4.42. The van der Waals surface area contributed by atoms with Crippen LogP contribution in [0.15, 0.2) is 69.7 Å². The lowest BCUT2D eigenvalue weighted by Crippen LogP contribution is -2.06. The Kier molecular flexibility index (Phi) is 4.88. The maximum Gasteiger partial charge on any atom is 0.363 e. The highest BCUT2D eigenvalue weighted by atomic mass is 16.6. The van der Waals surface area contributed by atoms with Crippen molar-refractivity contribution in [2.45, 2.75) is 6.92 Å². The van der Waals surface area contributed by atoms with E-state index in [4.69, 9.17) is 9.15 Å². The molecule has 0 amide bonds. The number of nitro groups is 2. The number of aliphatic imine (C=N–C) groups is 1. The molecule has 0 saturated carbocycles. The van der Waals surface area contributed by atoms with Crippen molar-refractivity contribution in [1.82, 2.24) is 0 Å². The van der Waals surface area contributed by atoms with Crippen LogP contribution in [-0.2, 0) is 9.53 Å². The van der Waals surface area contributed by atoms with E-state index in [2.05, 4.69) is 4.99 Å². The van der Waals surface area contributed by atoms with Crippen LogP contribution in [0, 0.1) is 27.2 Å². The molecule has 1 aliphatic rings. The summed E-state index contributed by atoms with van der Waals surface area (Å²) in [6, 6.07) is 13.5. The van der Waals surface area contributed by atoms with Gasteiger partial charge in [-0.25, -0.2) is 9.79 Å². The summed E-state index contributed by atoms with van der Waals surface area (Å²) in [6.45, 7) is 1.58. The molecule has 4 rings (SSSR count). The highest BCUT2D eigenvalue weighted by Crippen LogP contribution is 2.27. The van der Waals surface area contributed by atoms with Gasteiger partial charge >= 0.3 is 5.97 Å². The Bertz CT molecular complexity index is 1290. The highest BCUT2D eigenvalue weighted by molar-refractivity contribution is 6.12. The van der Waals surface area contributed by atoms with Crippen LogP contribution in [0.2, 0.25) is 0 Å². The van der Waals surface area contributed by atoms with Gasteiger partial charge in [0.15, 0.2) is 5.70 Å². The zero-order chi connectivity index (χ0) is 22.1. The van der Waals surface area contributed by atoms with E-state index in [9.17, 15) is 25.0 Å². The molecule has 0 atom stereocenters. The summed E-state index contributed by atoms with van der Waals surface area (Å²) in [4.78, 5) is 37.1. The average Bonchev–Trinajstić information content (AvgIpc) is 3.35. The molecule has 0 N–H and O–H groups in total. The van der Waals surface area contributed by atoms with Gasteiger partial charge in [0.25, 0.3) is 11.4 Å². The Hall–Kier alpha value is -4.60. The van der Waals surface area contributed by atoms with Crippen LogP contribution in [0.1, 0.15) is 16.9 Å². The number of aryl methyl sites for hydroxylation is 1. The molecular formula is C21H13N3O7. The quantitative estimate of drug-likeness (QED) is 0.258. The number of furan rings is 1. The minimum Gasteiger partial charge on any atom is -0.457 e. The predicted molar refractivity (Wildman–Crippen MR) is 109 cm³/mol. The molecule has 0 bridgehead atoms. The first-order valence-corrected chi connectivity index (χ1v) is 8.94. The van der Waals surface area contributed by atoms with Gasteiger partial charge in [0.1, 0.15) is 11.5 Å². The van der Waals surface area contributed by atoms with Crippen LogP contribution in [0.5, 0.6) is 0 Å². The van der Waals surface area contributed by atoms with Crippen LogP contribution in [0.25, 0.3) is 17.4 Å². The average molecular weight is 419 g/mol. The van der Waals surface area contributed by atoms with Crippen LogP contribution < -0.4 is 0 Å². The third-order valence-corrected chi connectivity index (χ3v) is 4.53. The summed E-state index contributed by atoms with van der Waals surface area (Å²) in [5.41, 5.74) is 1.42. The Morgan fingerprint density at radius 3 is 2.29 bits per heavy atom. The molecule has 0 fully saturated rings. The van der Waals surface area contributed by atoms with Gasteiger partial charge in [-0.15, -0.1) is 0 Å². The normalized spacial score (nSPS) is 14.4. The second-order valence-corrected chi connectivity index (χ2v) is 6.60. The van der Waals surface area contributed by atoms with Gasteiger partial charge in [0.05, 0.1) is 9.85 Å². The minimum atomic E-state index is -0.681. The fourth-order valence-corrected chi connectivity index (χ4v) is 2.99. The molecular weight excluding hydrogens is 406 g/mol. The molecule has 0 radical (unpaired) electrons. The van der Waals surface area contributed by atoms with Gasteiger partial charge in [-0.2, -0.15) is 0 Å². The largest absolute Gasteiger partial charge is 0.457 e. The third-order valence-electron chi connectivity index (χ3n) is 4.53. The van der Waals surface area contributed by atoms with E-state index in [1.54, 1.807) is 31.2 Å². The van der Waals surface area contributed by atoms with Crippen molar-refractivity contribution < 1.29 is 23.8 Å². The van der Waals surface area contributed by atoms with Crippen molar-refractivity contribution >= 4 is 29.3 Å². The number of carbonyl (C=O) groups excluding carboxylic acids is 1. The van der Waals surface area contributed by atoms with E-state index < -0.39 is 15.8 Å². The van der Waals surface area contributed by atoms with Crippen molar-refractivity contribution in [3.05, 3.63) is 97.4 Å². The van der Waals surface area contributed by atoms with Gasteiger partial charge < -0.3 is 9.15 Å². The molecule has 2 heterocycles. The molecule has 10 heteroatoms. The van der Waals surface area contributed by atoms with Gasteiger partial charge in [-0.05, 0) is 43.3 Å². The lowest BCUT2D eigenvalue weighted by atomic mass is 10.1. The van der Waals surface area contributed by atoms with Crippen LogP contribution in [0.4, 0.5) is 11.4 Å². The van der Waals surface area contributed by atoms with E-state index in [1.807, 2.05) is 0 Å². The Labute approximate surface area is 174 Å². The van der Waals surface area contributed by atoms with Gasteiger partial charge in [-0.1, -0.05) is 0 Å². The monoisotopic (exact) mass is 419 g/mol. The standard InChI is InChI=1S/C21H13N3O7/c1-12-10-14(4-8-18(12)24(28)29)20-22-17(21(25)31-20)11-16-7-9-19(30-16)13-2-5-15(6-3-13)23(26)27/h2-11H,1H3/b17-11-. The molecule has 0 spiro atoms. The number of nitrogens with zero attached hydrogens (tertiary/aromatic N) is 3. The number of ether oxygens (including phenoxy) is 1. The van der Waals surface area contributed by atoms with Crippen molar-refractivity contribution in [3.63, 3.8) is 0 Å². The molecule has 31 heavy (non-hydrogen) atoms. The van der Waals surface area contributed by atoms with Crippen LogP contribution >= 0.6 is 0 Å². The zero-order valence-electron chi connectivity index (χ0n) is 16.0. The van der Waals surface area contributed by atoms with Crippen molar-refractivity contribution in [1.29, 1.82) is 0 Å². The zero-order valence-corrected chi connectivity index (χ0v) is 16.0. The summed E-state index contributed by atoms with van der Waals surface area (Å²) in [5.74, 6) is 0.157. The number of rotatable bonds is 5. The number of cyclic esters (lactones) is 1. The van der Waals surface area contributed by atoms with Crippen molar-refractivity contribution in [2.75, 3.05) is 0 Å². The molecule has 1 aromatic heterocycles. The molecule has 154 valence electrons. The number of hydrogen-bond donors (Lipinski definition) is 0. The molecule has 0 unspecified atom stereocenters. The topological polar surface area (TPSA) is 138 Å². The van der Waals surface area contributed by atoms with Crippen LogP contribution in [0.3, 0.4) is 0 Å². The smallest absolute Gasteiger partial charge is 0.363 e. The fourth-order valence-electron chi connectivity index (χ4n) is 2.99. The first-order valence-electron chi connectivity index (χ1n) is 8.94. The highest BCUT2D eigenvalue weighted by Gasteiger charge is 2.25. The van der Waals surface area contributed by atoms with E-state index in [0.29, 0.717) is 28.2 Å². The first kappa shape index (κ1) is 19.7. The van der Waals surface area contributed by atoms with Gasteiger partial charge in [0.2, 0.25) is 5.90 Å². The van der Waals surface area contributed by atoms with Crippen molar-refractivity contribution in [2.24, 2.45) is 4.99 Å². The molecule has 2 aromatic carbocycles. The molecule has 0 saturated heterocycles. The fraction of sp³-hybridized carbons (Fsp3) is 0.0476. The lowest BCUT2D eigenvalue weighted by Gasteiger charge is -2.01. The summed E-state index contributed by atoms with van der Waals surface area (Å²) < 4.78 is 10.9. The van der Waals surface area contributed by atoms with Crippen LogP contribution in [-0.4, -0.2) is 21.7 Å². The number of non-ortho nitro benzene ring substituents is 1. The number of esters is 1. The minimum absolute atomic E-state index is 0.00982. The summed E-state index contributed by atoms with van der Waals surface area (Å²) in [7, 11) is 0. The van der Waals surface area contributed by atoms with E-state index in [-0.39, 0.29) is 23.0 Å². The number of hydrogen-bond acceptors (Lipinski definition) is 8. The Morgan fingerprint density at radius 1 is 0.935 bits per heavy atom. The number of carbonyl (C=O) groups is 1. The summed E-state index contributed by atoms with van der Waals surface area (Å²) >= 11 is 0. The summed E-state index contributed by atoms with van der Waals surface area (Å²) in [5, 5.41) is 21.7. The first-order chi connectivity index (χ1) is 14.8. The van der Waals surface area contributed by atoms with Crippen molar-refractivity contribution in [3.8, 4) is 11.3 Å². The molecule has 0 aliphatic carbocycles. The SMILES string of the molecule is Cc1cc(C2=N/C(=C\c3ccc(-c4ccc([N+](=O)[O-])cc4)o3)C(=O)O2)ccc1[N+](=O)[O-]. The maximum atomic E-state index is 12.2. The second kappa shape index (κ2) is 7.67. The van der Waals surface area contributed by atoms with Gasteiger partial charge in [-0.3, -0.25) is 20.2 Å². The number of nitro benzene ring substituents is 2. The molecule has 1 aliphatic heterocycles. The number of benzene rings is 2. The Morgan fingerprint density at radius 2 is 1.65 bits per heavy atom. The third kappa shape index (κ3) is 3.94. The maximum absolute atomic E-state index is 12.2. The van der Waals surface area contributed by atoms with Gasteiger partial charge in [0, 0.05) is 41.0 Å². The van der Waals surface area contributed by atoms with E-state index >= 15 is 0 Å². The molecule has 10 nitrogen and oxygen atoms in total. The van der Waals surface area contributed by atoms with E-state index in [1.165, 1.54) is 36.4 Å².